The fourth-order valence-corrected chi connectivity index (χ4v) is 5.03. The molecule has 2 heteroatoms. The van der Waals surface area contributed by atoms with Gasteiger partial charge in [-0.15, -0.1) is 0 Å². The number of hydrogen-bond acceptors (Lipinski definition) is 2. The molecule has 0 aromatic rings. The summed E-state index contributed by atoms with van der Waals surface area (Å²) >= 11 is 0. The van der Waals surface area contributed by atoms with Gasteiger partial charge in [-0.2, -0.15) is 0 Å². The summed E-state index contributed by atoms with van der Waals surface area (Å²) in [6.07, 6.45) is 9.12. The Labute approximate surface area is 91.7 Å². The van der Waals surface area contributed by atoms with Gasteiger partial charge in [0.15, 0.2) is 6.29 Å². The third-order valence-electron chi connectivity index (χ3n) is 5.10. The van der Waals surface area contributed by atoms with Crippen molar-refractivity contribution in [2.24, 2.45) is 23.2 Å². The Bertz CT molecular complexity index is 212. The van der Waals surface area contributed by atoms with Crippen LogP contribution in [0.15, 0.2) is 0 Å². The van der Waals surface area contributed by atoms with Gasteiger partial charge in [-0.1, -0.05) is 0 Å². The van der Waals surface area contributed by atoms with E-state index < -0.39 is 6.29 Å². The third kappa shape index (κ3) is 1.83. The van der Waals surface area contributed by atoms with Crippen molar-refractivity contribution in [2.45, 2.75) is 57.7 Å². The third-order valence-corrected chi connectivity index (χ3v) is 5.10. The Morgan fingerprint density at radius 1 is 0.933 bits per heavy atom. The number of aliphatic hydroxyl groups excluding tert-OH is 1. The van der Waals surface area contributed by atoms with Crippen LogP contribution in [0.3, 0.4) is 0 Å². The molecule has 0 aliphatic heterocycles. The minimum absolute atomic E-state index is 0.512. The normalized spacial score (nSPS) is 47.8. The number of aliphatic hydroxyl groups is 2. The average molecular weight is 210 g/mol. The van der Waals surface area contributed by atoms with E-state index in [0.717, 1.165) is 24.2 Å². The van der Waals surface area contributed by atoms with E-state index in [9.17, 15) is 0 Å². The fourth-order valence-electron chi connectivity index (χ4n) is 5.03. The van der Waals surface area contributed by atoms with E-state index >= 15 is 0 Å². The zero-order chi connectivity index (χ0) is 10.5. The molecule has 0 saturated heterocycles. The largest absolute Gasteiger partial charge is 0.368 e. The van der Waals surface area contributed by atoms with Gasteiger partial charge < -0.3 is 10.2 Å². The maximum Gasteiger partial charge on any atom is 0.151 e. The highest BCUT2D eigenvalue weighted by atomic mass is 16.5. The van der Waals surface area contributed by atoms with Crippen LogP contribution in [0.5, 0.6) is 0 Å². The van der Waals surface area contributed by atoms with Gasteiger partial charge in [0.2, 0.25) is 0 Å². The van der Waals surface area contributed by atoms with Gasteiger partial charge in [0, 0.05) is 0 Å². The second-order valence-electron chi connectivity index (χ2n) is 6.44. The van der Waals surface area contributed by atoms with E-state index in [1.165, 1.54) is 38.5 Å². The average Bonchev–Trinajstić information content (AvgIpc) is 2.12. The Kier molecular flexibility index (Phi) is 2.33. The molecule has 0 amide bonds. The summed E-state index contributed by atoms with van der Waals surface area (Å²) < 4.78 is 0. The Hall–Kier alpha value is -0.0800. The molecule has 2 nitrogen and oxygen atoms in total. The molecule has 0 radical (unpaired) electrons. The van der Waals surface area contributed by atoms with Gasteiger partial charge in [-0.3, -0.25) is 0 Å². The van der Waals surface area contributed by atoms with Crippen molar-refractivity contribution >= 4 is 0 Å². The molecule has 4 rings (SSSR count). The number of rotatable bonds is 3. The van der Waals surface area contributed by atoms with Crippen LogP contribution >= 0.6 is 0 Å². The molecule has 4 fully saturated rings. The van der Waals surface area contributed by atoms with E-state index in [1.54, 1.807) is 0 Å². The van der Waals surface area contributed by atoms with Crippen LogP contribution in [0, 0.1) is 23.2 Å². The molecular weight excluding hydrogens is 188 g/mol. The first-order chi connectivity index (χ1) is 7.15. The van der Waals surface area contributed by atoms with E-state index in [-0.39, 0.29) is 0 Å². The molecule has 86 valence electrons. The highest BCUT2D eigenvalue weighted by Crippen LogP contribution is 2.61. The van der Waals surface area contributed by atoms with Crippen molar-refractivity contribution in [3.05, 3.63) is 0 Å². The smallest absolute Gasteiger partial charge is 0.151 e. The van der Waals surface area contributed by atoms with Crippen molar-refractivity contribution in [2.75, 3.05) is 0 Å². The van der Waals surface area contributed by atoms with Crippen molar-refractivity contribution in [1.82, 2.24) is 0 Å². The van der Waals surface area contributed by atoms with Gasteiger partial charge >= 0.3 is 0 Å². The minimum Gasteiger partial charge on any atom is -0.368 e. The van der Waals surface area contributed by atoms with Crippen LogP contribution in [-0.2, 0) is 0 Å². The van der Waals surface area contributed by atoms with E-state index in [4.69, 9.17) is 10.2 Å². The molecule has 15 heavy (non-hydrogen) atoms. The minimum atomic E-state index is -1.09. The SMILES string of the molecule is OC(O)CCC12CC3CC(CC(C3)C1)C2. The van der Waals surface area contributed by atoms with Gasteiger partial charge in [0.1, 0.15) is 0 Å². The van der Waals surface area contributed by atoms with Crippen LogP contribution in [0.25, 0.3) is 0 Å². The summed E-state index contributed by atoms with van der Waals surface area (Å²) in [5.41, 5.74) is 0.512. The number of hydrogen-bond donors (Lipinski definition) is 2. The summed E-state index contributed by atoms with van der Waals surface area (Å²) in [6.45, 7) is 0. The van der Waals surface area contributed by atoms with Crippen LogP contribution in [0.4, 0.5) is 0 Å². The highest BCUT2D eigenvalue weighted by Gasteiger charge is 2.50. The monoisotopic (exact) mass is 210 g/mol. The lowest BCUT2D eigenvalue weighted by Crippen LogP contribution is -2.46. The molecule has 4 bridgehead atoms. The second-order valence-corrected chi connectivity index (χ2v) is 6.44. The predicted molar refractivity (Wildman–Crippen MR) is 58.1 cm³/mol. The van der Waals surface area contributed by atoms with Gasteiger partial charge in [-0.05, 0) is 74.5 Å². The zero-order valence-corrected chi connectivity index (χ0v) is 9.36. The zero-order valence-electron chi connectivity index (χ0n) is 9.36. The molecule has 4 aliphatic rings. The second kappa shape index (κ2) is 3.46. The quantitative estimate of drug-likeness (QED) is 0.702. The first-order valence-electron chi connectivity index (χ1n) is 6.51. The molecule has 4 saturated carbocycles. The van der Waals surface area contributed by atoms with Crippen LogP contribution < -0.4 is 0 Å². The standard InChI is InChI=1S/C13H22O2/c14-12(15)1-2-13-6-9-3-10(7-13)5-11(4-9)8-13/h9-12,14-15H,1-8H2. The maximum absolute atomic E-state index is 9.01. The molecule has 4 aliphatic carbocycles. The fraction of sp³-hybridized carbons (Fsp3) is 1.00. The lowest BCUT2D eigenvalue weighted by Gasteiger charge is -2.57. The van der Waals surface area contributed by atoms with Gasteiger partial charge in [-0.25, -0.2) is 0 Å². The van der Waals surface area contributed by atoms with Crippen molar-refractivity contribution in [1.29, 1.82) is 0 Å². The predicted octanol–water partition coefficient (Wildman–Crippen LogP) is 2.29. The molecule has 2 N–H and O–H groups in total. The highest BCUT2D eigenvalue weighted by molar-refractivity contribution is 5.01. The maximum atomic E-state index is 9.01. The molecule has 0 spiro atoms. The lowest BCUT2D eigenvalue weighted by molar-refractivity contribution is -0.0897. The van der Waals surface area contributed by atoms with Crippen molar-refractivity contribution < 1.29 is 10.2 Å². The Balaban J connectivity index is 1.70. The molecule has 0 aromatic carbocycles. The van der Waals surface area contributed by atoms with Crippen molar-refractivity contribution in [3.8, 4) is 0 Å². The molecule has 0 unspecified atom stereocenters. The van der Waals surface area contributed by atoms with Crippen LogP contribution in [0.1, 0.15) is 51.4 Å². The molecule has 0 atom stereocenters. The Morgan fingerprint density at radius 2 is 1.40 bits per heavy atom. The van der Waals surface area contributed by atoms with Crippen LogP contribution in [0.2, 0.25) is 0 Å². The molecule has 0 heterocycles. The van der Waals surface area contributed by atoms with E-state index in [0.29, 0.717) is 11.8 Å². The summed E-state index contributed by atoms with van der Waals surface area (Å²) in [5, 5.41) is 18.0. The first kappa shape index (κ1) is 10.1. The van der Waals surface area contributed by atoms with Crippen molar-refractivity contribution in [3.63, 3.8) is 0 Å². The van der Waals surface area contributed by atoms with Crippen LogP contribution in [-0.4, -0.2) is 16.5 Å². The molecule has 0 aromatic heterocycles. The topological polar surface area (TPSA) is 40.5 Å². The van der Waals surface area contributed by atoms with Gasteiger partial charge in [0.25, 0.3) is 0 Å². The van der Waals surface area contributed by atoms with E-state index in [2.05, 4.69) is 0 Å². The first-order valence-corrected chi connectivity index (χ1v) is 6.51. The van der Waals surface area contributed by atoms with E-state index in [1.807, 2.05) is 0 Å². The summed E-state index contributed by atoms with van der Waals surface area (Å²) in [7, 11) is 0. The summed E-state index contributed by atoms with van der Waals surface area (Å²) in [5.74, 6) is 2.94. The summed E-state index contributed by atoms with van der Waals surface area (Å²) in [4.78, 5) is 0. The summed E-state index contributed by atoms with van der Waals surface area (Å²) in [6, 6.07) is 0. The lowest BCUT2D eigenvalue weighted by atomic mass is 9.48. The Morgan fingerprint density at radius 3 is 1.80 bits per heavy atom. The van der Waals surface area contributed by atoms with Gasteiger partial charge in [0.05, 0.1) is 0 Å². The molecular formula is C13H22O2.